The van der Waals surface area contributed by atoms with Crippen LogP contribution in [0.25, 0.3) is 0 Å². The monoisotopic (exact) mass is 269 g/mol. The van der Waals surface area contributed by atoms with E-state index in [1.54, 1.807) is 12.1 Å². The Morgan fingerprint density at radius 1 is 1.05 bits per heavy atom. The van der Waals surface area contributed by atoms with Crippen molar-refractivity contribution in [2.45, 2.75) is 12.6 Å². The number of rotatable bonds is 5. The fourth-order valence-electron chi connectivity index (χ4n) is 1.76. The molecule has 2 rings (SSSR count). The Morgan fingerprint density at radius 3 is 2.25 bits per heavy atom. The molecule has 0 aliphatic rings. The van der Waals surface area contributed by atoms with Gasteiger partial charge in [-0.3, -0.25) is 0 Å². The van der Waals surface area contributed by atoms with E-state index >= 15 is 0 Å². The van der Waals surface area contributed by atoms with Gasteiger partial charge >= 0.3 is 5.97 Å². The molecule has 0 amide bonds. The summed E-state index contributed by atoms with van der Waals surface area (Å²) in [5, 5.41) is 6.95. The van der Waals surface area contributed by atoms with Crippen molar-refractivity contribution in [1.29, 1.82) is 0 Å². The molecule has 0 bridgehead atoms. The summed E-state index contributed by atoms with van der Waals surface area (Å²) in [6, 6.07) is 17.7. The summed E-state index contributed by atoms with van der Waals surface area (Å²) in [6.45, 7) is 0.198. The maximum atomic E-state index is 12.1. The SMILES string of the molecule is NN=N[C@H](C(=O)OCc1ccccc1)c1ccccc1. The molecule has 0 aliphatic carbocycles. The summed E-state index contributed by atoms with van der Waals surface area (Å²) >= 11 is 0. The highest BCUT2D eigenvalue weighted by atomic mass is 16.5. The summed E-state index contributed by atoms with van der Waals surface area (Å²) < 4.78 is 5.25. The minimum Gasteiger partial charge on any atom is -0.459 e. The zero-order valence-corrected chi connectivity index (χ0v) is 10.8. The summed E-state index contributed by atoms with van der Waals surface area (Å²) in [6.07, 6.45) is 0. The van der Waals surface area contributed by atoms with Crippen LogP contribution in [0.4, 0.5) is 0 Å². The second kappa shape index (κ2) is 7.04. The number of ether oxygens (including phenoxy) is 1. The number of hydrogen-bond acceptors (Lipinski definition) is 4. The molecular formula is C15H15N3O2. The lowest BCUT2D eigenvalue weighted by atomic mass is 10.1. The molecule has 0 saturated heterocycles. The van der Waals surface area contributed by atoms with Gasteiger partial charge in [0.25, 0.3) is 0 Å². The maximum Gasteiger partial charge on any atom is 0.337 e. The fraction of sp³-hybridized carbons (Fsp3) is 0.133. The van der Waals surface area contributed by atoms with Gasteiger partial charge in [0.05, 0.1) is 0 Å². The lowest BCUT2D eigenvalue weighted by molar-refractivity contribution is -0.146. The summed E-state index contributed by atoms with van der Waals surface area (Å²) in [7, 11) is 0. The predicted molar refractivity (Wildman–Crippen MR) is 74.5 cm³/mol. The van der Waals surface area contributed by atoms with Crippen molar-refractivity contribution >= 4 is 5.97 Å². The molecule has 2 aromatic carbocycles. The van der Waals surface area contributed by atoms with Gasteiger partial charge in [-0.15, -0.1) is 0 Å². The molecule has 5 heteroatoms. The van der Waals surface area contributed by atoms with Crippen LogP contribution in [0.15, 0.2) is 71.0 Å². The molecule has 0 fully saturated rings. The van der Waals surface area contributed by atoms with Crippen molar-refractivity contribution in [2.24, 2.45) is 16.2 Å². The molecule has 20 heavy (non-hydrogen) atoms. The molecule has 0 radical (unpaired) electrons. The fourth-order valence-corrected chi connectivity index (χ4v) is 1.76. The number of carbonyl (C=O) groups is 1. The van der Waals surface area contributed by atoms with Gasteiger partial charge in [-0.1, -0.05) is 65.9 Å². The van der Waals surface area contributed by atoms with Crippen LogP contribution < -0.4 is 5.84 Å². The van der Waals surface area contributed by atoms with Gasteiger partial charge in [-0.2, -0.15) is 5.11 Å². The first-order valence-corrected chi connectivity index (χ1v) is 6.17. The topological polar surface area (TPSA) is 77.0 Å². The number of nitrogens with zero attached hydrogens (tertiary/aromatic N) is 2. The Balaban J connectivity index is 2.05. The first-order valence-electron chi connectivity index (χ1n) is 6.17. The van der Waals surface area contributed by atoms with Crippen molar-refractivity contribution in [3.8, 4) is 0 Å². The molecule has 2 aromatic rings. The minimum atomic E-state index is -0.829. The largest absolute Gasteiger partial charge is 0.459 e. The third-order valence-electron chi connectivity index (χ3n) is 2.74. The van der Waals surface area contributed by atoms with E-state index in [0.717, 1.165) is 5.56 Å². The van der Waals surface area contributed by atoms with Crippen LogP contribution in [-0.2, 0) is 16.1 Å². The van der Waals surface area contributed by atoms with Gasteiger partial charge in [0.1, 0.15) is 6.61 Å². The number of benzene rings is 2. The van der Waals surface area contributed by atoms with Gasteiger partial charge in [-0.05, 0) is 11.1 Å². The highest BCUT2D eigenvalue weighted by Crippen LogP contribution is 2.19. The number of esters is 1. The second-order valence-electron chi connectivity index (χ2n) is 4.14. The van der Waals surface area contributed by atoms with Crippen molar-refractivity contribution in [3.63, 3.8) is 0 Å². The van der Waals surface area contributed by atoms with E-state index < -0.39 is 12.0 Å². The smallest absolute Gasteiger partial charge is 0.337 e. The van der Waals surface area contributed by atoms with Crippen molar-refractivity contribution in [2.75, 3.05) is 0 Å². The second-order valence-corrected chi connectivity index (χ2v) is 4.14. The van der Waals surface area contributed by atoms with Crippen LogP contribution in [0.1, 0.15) is 17.2 Å². The average molecular weight is 269 g/mol. The van der Waals surface area contributed by atoms with E-state index in [1.807, 2.05) is 48.5 Å². The summed E-state index contributed by atoms with van der Waals surface area (Å²) in [4.78, 5) is 12.1. The molecule has 102 valence electrons. The van der Waals surface area contributed by atoms with Gasteiger partial charge in [0, 0.05) is 0 Å². The molecule has 0 saturated carbocycles. The molecule has 0 heterocycles. The standard InChI is InChI=1S/C15H15N3O2/c16-18-17-14(13-9-5-2-6-10-13)15(19)20-11-12-7-3-1-4-8-12/h1-10,14H,11H2,(H2,16,17)/t14-/m0/s1. The molecule has 0 aliphatic heterocycles. The molecule has 2 N–H and O–H groups in total. The third kappa shape index (κ3) is 3.65. The third-order valence-corrected chi connectivity index (χ3v) is 2.74. The highest BCUT2D eigenvalue weighted by molar-refractivity contribution is 5.77. The van der Waals surface area contributed by atoms with Gasteiger partial charge < -0.3 is 10.6 Å². The van der Waals surface area contributed by atoms with Gasteiger partial charge in [0.15, 0.2) is 6.04 Å². The normalized spacial score (nSPS) is 12.2. The van der Waals surface area contributed by atoms with Crippen molar-refractivity contribution in [1.82, 2.24) is 0 Å². The van der Waals surface area contributed by atoms with Crippen LogP contribution in [0.5, 0.6) is 0 Å². The minimum absolute atomic E-state index is 0.198. The number of hydrogen-bond donors (Lipinski definition) is 1. The van der Waals surface area contributed by atoms with E-state index in [9.17, 15) is 4.79 Å². The maximum absolute atomic E-state index is 12.1. The lowest BCUT2D eigenvalue weighted by Gasteiger charge is -2.11. The Morgan fingerprint density at radius 2 is 1.65 bits per heavy atom. The molecule has 1 atom stereocenters. The lowest BCUT2D eigenvalue weighted by Crippen LogP contribution is -2.14. The van der Waals surface area contributed by atoms with Crippen LogP contribution in [-0.4, -0.2) is 5.97 Å². The van der Waals surface area contributed by atoms with E-state index in [2.05, 4.69) is 10.3 Å². The van der Waals surface area contributed by atoms with Gasteiger partial charge in [-0.25, -0.2) is 4.79 Å². The average Bonchev–Trinajstić information content (AvgIpc) is 2.52. The van der Waals surface area contributed by atoms with Crippen LogP contribution in [0, 0.1) is 0 Å². The Labute approximate surface area is 117 Å². The highest BCUT2D eigenvalue weighted by Gasteiger charge is 2.21. The Bertz CT molecular complexity index is 570. The first kappa shape index (κ1) is 13.7. The van der Waals surface area contributed by atoms with E-state index in [0.29, 0.717) is 5.56 Å². The Kier molecular flexibility index (Phi) is 4.83. The summed E-state index contributed by atoms with van der Waals surface area (Å²) in [5.41, 5.74) is 1.61. The zero-order valence-electron chi connectivity index (χ0n) is 10.8. The molecule has 0 unspecified atom stereocenters. The molecule has 0 spiro atoms. The zero-order chi connectivity index (χ0) is 14.2. The van der Waals surface area contributed by atoms with Crippen LogP contribution >= 0.6 is 0 Å². The van der Waals surface area contributed by atoms with E-state index in [1.165, 1.54) is 0 Å². The predicted octanol–water partition coefficient (Wildman–Crippen LogP) is 2.80. The van der Waals surface area contributed by atoms with E-state index in [-0.39, 0.29) is 6.61 Å². The molecule has 5 nitrogen and oxygen atoms in total. The quantitative estimate of drug-likeness (QED) is 0.392. The van der Waals surface area contributed by atoms with Gasteiger partial charge in [0.2, 0.25) is 0 Å². The number of nitrogens with two attached hydrogens (primary N) is 1. The van der Waals surface area contributed by atoms with E-state index in [4.69, 9.17) is 10.6 Å². The Hall–Kier alpha value is -2.69. The molecular weight excluding hydrogens is 254 g/mol. The first-order chi connectivity index (χ1) is 9.81. The van der Waals surface area contributed by atoms with Crippen LogP contribution in [0.3, 0.4) is 0 Å². The molecule has 0 aromatic heterocycles. The van der Waals surface area contributed by atoms with Crippen molar-refractivity contribution in [3.05, 3.63) is 71.8 Å². The summed E-state index contributed by atoms with van der Waals surface area (Å²) in [5.74, 6) is 4.58. The number of carbonyl (C=O) groups excluding carboxylic acids is 1. The van der Waals surface area contributed by atoms with Crippen LogP contribution in [0.2, 0.25) is 0 Å². The van der Waals surface area contributed by atoms with Crippen molar-refractivity contribution < 1.29 is 9.53 Å².